The number of aryl methyl sites for hydroxylation is 1. The molecule has 6 heteroatoms. The number of nitrogens with zero attached hydrogens (tertiary/aromatic N) is 2. The number of aromatic nitrogens is 1. The van der Waals surface area contributed by atoms with E-state index in [9.17, 15) is 4.79 Å². The van der Waals surface area contributed by atoms with E-state index in [0.29, 0.717) is 22.8 Å². The summed E-state index contributed by atoms with van der Waals surface area (Å²) in [4.78, 5) is 17.2. The van der Waals surface area contributed by atoms with Crippen molar-refractivity contribution in [3.8, 4) is 11.5 Å². The Kier molecular flexibility index (Phi) is 5.35. The van der Waals surface area contributed by atoms with Crippen molar-refractivity contribution in [1.29, 1.82) is 0 Å². The van der Waals surface area contributed by atoms with E-state index in [0.717, 1.165) is 22.2 Å². The van der Waals surface area contributed by atoms with Crippen LogP contribution >= 0.6 is 0 Å². The standard InChI is InChI=1S/C21H21N3O3/c1-13-11-18(17-7-5-6-8-19(17)22-13)21(25)24-23-14(2)16-10-9-15(26-3)12-20(16)27-4/h5-12H,1-4H3,(H,24,25). The van der Waals surface area contributed by atoms with Crippen LogP contribution in [0.25, 0.3) is 10.9 Å². The predicted octanol–water partition coefficient (Wildman–Crippen LogP) is 3.71. The number of hydrazone groups is 1. The topological polar surface area (TPSA) is 72.8 Å². The zero-order valence-corrected chi connectivity index (χ0v) is 15.7. The van der Waals surface area contributed by atoms with Crippen molar-refractivity contribution in [3.63, 3.8) is 0 Å². The van der Waals surface area contributed by atoms with Gasteiger partial charge >= 0.3 is 0 Å². The molecular formula is C21H21N3O3. The Labute approximate surface area is 157 Å². The summed E-state index contributed by atoms with van der Waals surface area (Å²) in [5.41, 5.74) is 6.12. The lowest BCUT2D eigenvalue weighted by molar-refractivity contribution is 0.0956. The molecule has 0 spiro atoms. The van der Waals surface area contributed by atoms with Gasteiger partial charge in [0.25, 0.3) is 5.91 Å². The van der Waals surface area contributed by atoms with E-state index in [-0.39, 0.29) is 5.91 Å². The monoisotopic (exact) mass is 363 g/mol. The number of amides is 1. The van der Waals surface area contributed by atoms with Crippen LogP contribution in [0.15, 0.2) is 53.6 Å². The van der Waals surface area contributed by atoms with Gasteiger partial charge in [-0.05, 0) is 38.1 Å². The first-order valence-electron chi connectivity index (χ1n) is 8.47. The van der Waals surface area contributed by atoms with Crippen molar-refractivity contribution < 1.29 is 14.3 Å². The fraction of sp³-hybridized carbons (Fsp3) is 0.190. The second-order valence-electron chi connectivity index (χ2n) is 6.03. The molecule has 138 valence electrons. The Balaban J connectivity index is 1.89. The molecule has 0 radical (unpaired) electrons. The number of rotatable bonds is 5. The highest BCUT2D eigenvalue weighted by molar-refractivity contribution is 6.07. The van der Waals surface area contributed by atoms with E-state index >= 15 is 0 Å². The van der Waals surface area contributed by atoms with Crippen LogP contribution in [0, 0.1) is 6.92 Å². The number of carbonyl (C=O) groups is 1. The lowest BCUT2D eigenvalue weighted by Gasteiger charge is -2.11. The molecule has 0 unspecified atom stereocenters. The van der Waals surface area contributed by atoms with Gasteiger partial charge in [0.05, 0.1) is 31.0 Å². The summed E-state index contributed by atoms with van der Waals surface area (Å²) in [5.74, 6) is 1.02. The number of methoxy groups -OCH3 is 2. The molecule has 1 heterocycles. The molecule has 6 nitrogen and oxygen atoms in total. The van der Waals surface area contributed by atoms with Crippen molar-refractivity contribution in [2.24, 2.45) is 5.10 Å². The molecule has 0 aliphatic carbocycles. The number of benzene rings is 2. The Morgan fingerprint density at radius 3 is 2.56 bits per heavy atom. The first-order valence-corrected chi connectivity index (χ1v) is 8.47. The predicted molar refractivity (Wildman–Crippen MR) is 106 cm³/mol. The third-order valence-corrected chi connectivity index (χ3v) is 4.21. The summed E-state index contributed by atoms with van der Waals surface area (Å²) in [6.07, 6.45) is 0. The average molecular weight is 363 g/mol. The summed E-state index contributed by atoms with van der Waals surface area (Å²) >= 11 is 0. The van der Waals surface area contributed by atoms with Gasteiger partial charge in [0.15, 0.2) is 0 Å². The van der Waals surface area contributed by atoms with Crippen molar-refractivity contribution >= 4 is 22.5 Å². The fourth-order valence-corrected chi connectivity index (χ4v) is 2.85. The molecule has 1 N–H and O–H groups in total. The minimum absolute atomic E-state index is 0.288. The largest absolute Gasteiger partial charge is 0.497 e. The number of hydrogen-bond donors (Lipinski definition) is 1. The second kappa shape index (κ2) is 7.86. The van der Waals surface area contributed by atoms with Gasteiger partial charge in [-0.2, -0.15) is 5.10 Å². The molecule has 1 aromatic heterocycles. The SMILES string of the molecule is COc1ccc(C(C)=NNC(=O)c2cc(C)nc3ccccc23)c(OC)c1. The zero-order valence-electron chi connectivity index (χ0n) is 15.7. The Morgan fingerprint density at radius 2 is 1.81 bits per heavy atom. The van der Waals surface area contributed by atoms with E-state index < -0.39 is 0 Å². The number of nitrogens with one attached hydrogen (secondary N) is 1. The first kappa shape index (κ1) is 18.4. The van der Waals surface area contributed by atoms with Gasteiger partial charge < -0.3 is 9.47 Å². The van der Waals surface area contributed by atoms with Crippen LogP contribution in [0.5, 0.6) is 11.5 Å². The smallest absolute Gasteiger partial charge is 0.272 e. The third-order valence-electron chi connectivity index (χ3n) is 4.21. The van der Waals surface area contributed by atoms with Crippen LogP contribution in [0.4, 0.5) is 0 Å². The molecule has 0 aliphatic rings. The van der Waals surface area contributed by atoms with E-state index in [4.69, 9.17) is 9.47 Å². The maximum atomic E-state index is 12.7. The summed E-state index contributed by atoms with van der Waals surface area (Å²) in [7, 11) is 3.17. The summed E-state index contributed by atoms with van der Waals surface area (Å²) in [5, 5.41) is 5.03. The zero-order chi connectivity index (χ0) is 19.4. The lowest BCUT2D eigenvalue weighted by atomic mass is 10.1. The van der Waals surface area contributed by atoms with Gasteiger partial charge in [0, 0.05) is 22.7 Å². The van der Waals surface area contributed by atoms with Crippen molar-refractivity contribution in [1.82, 2.24) is 10.4 Å². The van der Waals surface area contributed by atoms with Crippen LogP contribution in [-0.2, 0) is 0 Å². The Morgan fingerprint density at radius 1 is 1.04 bits per heavy atom. The number of ether oxygens (including phenoxy) is 2. The van der Waals surface area contributed by atoms with Gasteiger partial charge in [-0.25, -0.2) is 5.43 Å². The molecular weight excluding hydrogens is 342 g/mol. The molecule has 0 atom stereocenters. The minimum Gasteiger partial charge on any atom is -0.497 e. The van der Waals surface area contributed by atoms with Gasteiger partial charge in [-0.3, -0.25) is 9.78 Å². The minimum atomic E-state index is -0.288. The normalized spacial score (nSPS) is 11.3. The van der Waals surface area contributed by atoms with E-state index in [1.54, 1.807) is 33.3 Å². The van der Waals surface area contributed by atoms with Crippen LogP contribution < -0.4 is 14.9 Å². The molecule has 2 aromatic carbocycles. The number of fused-ring (bicyclic) bond motifs is 1. The number of pyridine rings is 1. The van der Waals surface area contributed by atoms with E-state index in [1.807, 2.05) is 43.3 Å². The Bertz CT molecular complexity index is 1030. The molecule has 0 aliphatic heterocycles. The van der Waals surface area contributed by atoms with Gasteiger partial charge in [-0.1, -0.05) is 18.2 Å². The van der Waals surface area contributed by atoms with Gasteiger partial charge in [-0.15, -0.1) is 0 Å². The Hall–Kier alpha value is -3.41. The molecule has 0 saturated carbocycles. The molecule has 3 aromatic rings. The maximum Gasteiger partial charge on any atom is 0.272 e. The second-order valence-corrected chi connectivity index (χ2v) is 6.03. The summed E-state index contributed by atoms with van der Waals surface area (Å²) in [6, 6.07) is 14.7. The highest BCUT2D eigenvalue weighted by Crippen LogP contribution is 2.25. The highest BCUT2D eigenvalue weighted by Gasteiger charge is 2.13. The van der Waals surface area contributed by atoms with Gasteiger partial charge in [0.1, 0.15) is 11.5 Å². The first-order chi connectivity index (χ1) is 13.0. The molecule has 0 saturated heterocycles. The van der Waals surface area contributed by atoms with Crippen LogP contribution in [0.3, 0.4) is 0 Å². The fourth-order valence-electron chi connectivity index (χ4n) is 2.85. The highest BCUT2D eigenvalue weighted by atomic mass is 16.5. The summed E-state index contributed by atoms with van der Waals surface area (Å²) in [6.45, 7) is 3.67. The molecule has 3 rings (SSSR count). The van der Waals surface area contributed by atoms with Crippen LogP contribution in [0.2, 0.25) is 0 Å². The average Bonchev–Trinajstić information content (AvgIpc) is 2.70. The number of hydrogen-bond acceptors (Lipinski definition) is 5. The van der Waals surface area contributed by atoms with Crippen molar-refractivity contribution in [2.75, 3.05) is 14.2 Å². The van der Waals surface area contributed by atoms with Crippen molar-refractivity contribution in [2.45, 2.75) is 13.8 Å². The number of carbonyl (C=O) groups excluding carboxylic acids is 1. The molecule has 0 bridgehead atoms. The van der Waals surface area contributed by atoms with Crippen LogP contribution in [-0.4, -0.2) is 30.8 Å². The lowest BCUT2D eigenvalue weighted by Crippen LogP contribution is -2.20. The van der Waals surface area contributed by atoms with E-state index in [2.05, 4.69) is 15.5 Å². The molecule has 1 amide bonds. The van der Waals surface area contributed by atoms with Gasteiger partial charge in [0.2, 0.25) is 0 Å². The molecule has 0 fully saturated rings. The van der Waals surface area contributed by atoms with Crippen molar-refractivity contribution in [3.05, 3.63) is 65.4 Å². The molecule has 27 heavy (non-hydrogen) atoms. The quantitative estimate of drug-likeness (QED) is 0.554. The van der Waals surface area contributed by atoms with Crippen LogP contribution in [0.1, 0.15) is 28.5 Å². The van der Waals surface area contributed by atoms with E-state index in [1.165, 1.54) is 0 Å². The number of para-hydroxylation sites is 1. The summed E-state index contributed by atoms with van der Waals surface area (Å²) < 4.78 is 10.6. The third kappa shape index (κ3) is 3.89. The maximum absolute atomic E-state index is 12.7.